The van der Waals surface area contributed by atoms with Crippen molar-refractivity contribution < 1.29 is 19.7 Å². The molecule has 4 nitrogen and oxygen atoms in total. The number of fused-ring (bicyclic) bond motifs is 7. The number of allylic oxidation sites excluding steroid dienone is 1. The Morgan fingerprint density at radius 2 is 1.84 bits per heavy atom. The molecule has 0 aromatic rings. The Bertz CT molecular complexity index is 769. The standard InChI is InChI=1S/C27H42O4/c1-15-7-10-27(30-14-15)16(2)24-22(31-27)13-21-19-6-5-17-11-18(28)12-23(29)26(17,4)20(19)8-9-25(21,24)3/h5,15-16,18-24,28-29H,6-14H2,1-4H3/t15?,16-,18+,19+,20?,21?,22?,23+,24?,25-,26-,27?/m0/s1. The number of rotatable bonds is 0. The average molecular weight is 431 g/mol. The van der Waals surface area contributed by atoms with Crippen molar-refractivity contribution in [3.8, 4) is 0 Å². The first kappa shape index (κ1) is 21.1. The van der Waals surface area contributed by atoms with Crippen LogP contribution in [0.2, 0.25) is 0 Å². The van der Waals surface area contributed by atoms with Crippen molar-refractivity contribution in [2.75, 3.05) is 6.61 Å². The molecule has 2 aliphatic heterocycles. The third-order valence-corrected chi connectivity index (χ3v) is 11.4. The molecule has 2 heterocycles. The summed E-state index contributed by atoms with van der Waals surface area (Å²) in [6, 6.07) is 0. The second-order valence-electron chi connectivity index (χ2n) is 12.8. The molecule has 0 aromatic heterocycles. The largest absolute Gasteiger partial charge is 0.393 e. The van der Waals surface area contributed by atoms with Crippen LogP contribution in [-0.2, 0) is 9.47 Å². The van der Waals surface area contributed by atoms with Gasteiger partial charge in [0.15, 0.2) is 5.79 Å². The molecule has 1 spiro atoms. The van der Waals surface area contributed by atoms with E-state index in [1.54, 1.807) is 0 Å². The lowest BCUT2D eigenvalue weighted by Gasteiger charge is -2.59. The molecule has 4 aliphatic carbocycles. The van der Waals surface area contributed by atoms with Crippen molar-refractivity contribution in [2.24, 2.45) is 46.3 Å². The van der Waals surface area contributed by atoms with Crippen LogP contribution in [0.4, 0.5) is 0 Å². The molecule has 0 bridgehead atoms. The summed E-state index contributed by atoms with van der Waals surface area (Å²) in [6.45, 7) is 10.4. The van der Waals surface area contributed by atoms with Gasteiger partial charge in [-0.15, -0.1) is 0 Å². The molecule has 6 unspecified atom stereocenters. The van der Waals surface area contributed by atoms with E-state index in [0.29, 0.717) is 53.4 Å². The first-order valence-electron chi connectivity index (χ1n) is 13.1. The molecule has 0 amide bonds. The lowest BCUT2D eigenvalue weighted by molar-refractivity contribution is -0.272. The predicted molar refractivity (Wildman–Crippen MR) is 119 cm³/mol. The number of ether oxygens (including phenoxy) is 2. The van der Waals surface area contributed by atoms with Crippen LogP contribution >= 0.6 is 0 Å². The number of aliphatic hydroxyl groups is 2. The highest BCUT2D eigenvalue weighted by Gasteiger charge is 2.69. The SMILES string of the molecule is CC1CCC2(OC1)OC1CC3[C@@H]4CC=C5C[C@@H](O)C[C@@H](O)[C@]5(C)C4CC[C@]3(C)C1[C@@H]2C. The van der Waals surface area contributed by atoms with Crippen molar-refractivity contribution in [1.82, 2.24) is 0 Å². The Labute approximate surface area is 187 Å². The molecule has 6 aliphatic rings. The lowest BCUT2D eigenvalue weighted by Crippen LogP contribution is -2.56. The molecule has 31 heavy (non-hydrogen) atoms. The van der Waals surface area contributed by atoms with E-state index < -0.39 is 6.10 Å². The fraction of sp³-hybridized carbons (Fsp3) is 0.926. The Hall–Kier alpha value is -0.420. The Balaban J connectivity index is 1.29. The van der Waals surface area contributed by atoms with Gasteiger partial charge < -0.3 is 19.7 Å². The molecular formula is C27H42O4. The molecular weight excluding hydrogens is 388 g/mol. The lowest BCUT2D eigenvalue weighted by atomic mass is 9.46. The molecule has 2 N–H and O–H groups in total. The van der Waals surface area contributed by atoms with Gasteiger partial charge >= 0.3 is 0 Å². The van der Waals surface area contributed by atoms with Crippen LogP contribution in [0.3, 0.4) is 0 Å². The van der Waals surface area contributed by atoms with Crippen molar-refractivity contribution in [3.63, 3.8) is 0 Å². The fourth-order valence-corrected chi connectivity index (χ4v) is 9.72. The summed E-state index contributed by atoms with van der Waals surface area (Å²) >= 11 is 0. The monoisotopic (exact) mass is 430 g/mol. The van der Waals surface area contributed by atoms with Crippen LogP contribution in [0.5, 0.6) is 0 Å². The number of hydrogen-bond donors (Lipinski definition) is 2. The first-order chi connectivity index (χ1) is 14.7. The van der Waals surface area contributed by atoms with Crippen LogP contribution < -0.4 is 0 Å². The minimum Gasteiger partial charge on any atom is -0.393 e. The minimum absolute atomic E-state index is 0.155. The zero-order chi connectivity index (χ0) is 21.8. The highest BCUT2D eigenvalue weighted by molar-refractivity contribution is 5.28. The fourth-order valence-electron chi connectivity index (χ4n) is 9.72. The van der Waals surface area contributed by atoms with Gasteiger partial charge in [-0.25, -0.2) is 0 Å². The van der Waals surface area contributed by atoms with Gasteiger partial charge in [-0.2, -0.15) is 0 Å². The van der Waals surface area contributed by atoms with Gasteiger partial charge in [0.05, 0.1) is 24.9 Å². The summed E-state index contributed by atoms with van der Waals surface area (Å²) in [4.78, 5) is 0. The maximum absolute atomic E-state index is 11.1. The molecule has 6 rings (SSSR count). The Morgan fingerprint density at radius 1 is 1.03 bits per heavy atom. The van der Waals surface area contributed by atoms with Gasteiger partial charge in [-0.3, -0.25) is 0 Å². The molecule has 174 valence electrons. The van der Waals surface area contributed by atoms with E-state index in [1.165, 1.54) is 24.8 Å². The minimum atomic E-state index is -0.420. The Kier molecular flexibility index (Phi) is 4.64. The molecule has 2 saturated heterocycles. The molecule has 5 fully saturated rings. The zero-order valence-electron chi connectivity index (χ0n) is 19.8. The van der Waals surface area contributed by atoms with E-state index in [-0.39, 0.29) is 17.3 Å². The normalized spacial score (nSPS) is 60.7. The van der Waals surface area contributed by atoms with Gasteiger partial charge in [-0.05, 0) is 73.5 Å². The summed E-state index contributed by atoms with van der Waals surface area (Å²) in [7, 11) is 0. The number of aliphatic hydroxyl groups excluding tert-OH is 2. The topological polar surface area (TPSA) is 58.9 Å². The van der Waals surface area contributed by atoms with E-state index in [4.69, 9.17) is 9.47 Å². The highest BCUT2D eigenvalue weighted by atomic mass is 16.7. The van der Waals surface area contributed by atoms with E-state index in [0.717, 1.165) is 32.3 Å². The summed E-state index contributed by atoms with van der Waals surface area (Å²) in [5, 5.41) is 21.4. The summed E-state index contributed by atoms with van der Waals surface area (Å²) < 4.78 is 13.3. The third kappa shape index (κ3) is 2.68. The Morgan fingerprint density at radius 3 is 2.58 bits per heavy atom. The maximum atomic E-state index is 11.1. The van der Waals surface area contributed by atoms with E-state index in [2.05, 4.69) is 33.8 Å². The van der Waals surface area contributed by atoms with Crippen LogP contribution in [0.15, 0.2) is 11.6 Å². The van der Waals surface area contributed by atoms with Crippen molar-refractivity contribution >= 4 is 0 Å². The summed E-state index contributed by atoms with van der Waals surface area (Å²) in [5.74, 6) is 3.17. The molecule has 4 heteroatoms. The third-order valence-electron chi connectivity index (χ3n) is 11.4. The van der Waals surface area contributed by atoms with Crippen molar-refractivity contribution in [2.45, 2.75) is 103 Å². The molecule has 12 atom stereocenters. The highest BCUT2D eigenvalue weighted by Crippen LogP contribution is 2.70. The molecule has 0 aromatic carbocycles. The number of hydrogen-bond acceptors (Lipinski definition) is 4. The smallest absolute Gasteiger partial charge is 0.171 e. The van der Waals surface area contributed by atoms with E-state index in [1.807, 2.05) is 0 Å². The van der Waals surface area contributed by atoms with E-state index >= 15 is 0 Å². The summed E-state index contributed by atoms with van der Waals surface area (Å²) in [6.07, 6.45) is 10.2. The average Bonchev–Trinajstić information content (AvgIpc) is 3.16. The zero-order valence-corrected chi connectivity index (χ0v) is 19.8. The first-order valence-corrected chi connectivity index (χ1v) is 13.1. The van der Waals surface area contributed by atoms with Gasteiger partial charge in [0.1, 0.15) is 0 Å². The summed E-state index contributed by atoms with van der Waals surface area (Å²) in [5.41, 5.74) is 1.48. The molecule has 3 saturated carbocycles. The van der Waals surface area contributed by atoms with Gasteiger partial charge in [-0.1, -0.05) is 39.3 Å². The molecule has 0 radical (unpaired) electrons. The van der Waals surface area contributed by atoms with Gasteiger partial charge in [0.25, 0.3) is 0 Å². The van der Waals surface area contributed by atoms with Crippen LogP contribution in [0.1, 0.15) is 79.1 Å². The van der Waals surface area contributed by atoms with Crippen molar-refractivity contribution in [1.29, 1.82) is 0 Å². The maximum Gasteiger partial charge on any atom is 0.171 e. The van der Waals surface area contributed by atoms with Crippen LogP contribution in [0, 0.1) is 46.3 Å². The van der Waals surface area contributed by atoms with Crippen LogP contribution in [0.25, 0.3) is 0 Å². The van der Waals surface area contributed by atoms with Crippen molar-refractivity contribution in [3.05, 3.63) is 11.6 Å². The van der Waals surface area contributed by atoms with Gasteiger partial charge in [0, 0.05) is 24.2 Å². The second-order valence-corrected chi connectivity index (χ2v) is 12.8. The van der Waals surface area contributed by atoms with Crippen LogP contribution in [-0.4, -0.2) is 40.9 Å². The van der Waals surface area contributed by atoms with E-state index in [9.17, 15) is 10.2 Å². The van der Waals surface area contributed by atoms with Gasteiger partial charge in [0.2, 0.25) is 0 Å². The second kappa shape index (κ2) is 6.81. The quantitative estimate of drug-likeness (QED) is 0.548. The predicted octanol–water partition coefficient (Wildman–Crippen LogP) is 4.68.